The molecule has 0 spiro atoms. The number of hydrogen-bond donors (Lipinski definition) is 2. The number of methoxy groups -OCH3 is 1. The molecule has 15 nitrogen and oxygen atoms in total. The van der Waals surface area contributed by atoms with Crippen molar-refractivity contribution in [3.05, 3.63) is 58.2 Å². The summed E-state index contributed by atoms with van der Waals surface area (Å²) in [6, 6.07) is 8.74. The fourth-order valence-electron chi connectivity index (χ4n) is 8.59. The maximum Gasteiger partial charge on any atom is 0.324 e. The van der Waals surface area contributed by atoms with Gasteiger partial charge in [0.2, 0.25) is 5.91 Å². The molecular weight excluding hydrogens is 985 g/mol. The van der Waals surface area contributed by atoms with E-state index in [0.717, 1.165) is 44.7 Å². The first kappa shape index (κ1) is 60.5. The third kappa shape index (κ3) is 13.6. The molecule has 2 N–H and O–H groups in total. The summed E-state index contributed by atoms with van der Waals surface area (Å²) in [5.74, 6) is 3.88. The third-order valence-corrected chi connectivity index (χ3v) is 14.2. The average Bonchev–Trinajstić information content (AvgIpc) is 3.88. The van der Waals surface area contributed by atoms with Crippen LogP contribution in [0.5, 0.6) is 0 Å². The van der Waals surface area contributed by atoms with Crippen LogP contribution in [-0.2, 0) is 52.8 Å². The third-order valence-electron chi connectivity index (χ3n) is 13.3. The number of benzene rings is 1. The Balaban J connectivity index is 0.00000324. The number of hydrazine groups is 1. The first-order chi connectivity index (χ1) is 31.4. The van der Waals surface area contributed by atoms with Crippen molar-refractivity contribution in [2.75, 3.05) is 54.1 Å². The number of amides is 3. The fraction of sp³-hybridized carbons (Fsp3) is 0.560. The maximum atomic E-state index is 14.5. The summed E-state index contributed by atoms with van der Waals surface area (Å²) in [5, 5.41) is 8.26. The highest BCUT2D eigenvalue weighted by Crippen LogP contribution is 2.42. The van der Waals surface area contributed by atoms with E-state index in [1.807, 2.05) is 58.1 Å². The van der Waals surface area contributed by atoms with Crippen molar-refractivity contribution in [3.8, 4) is 34.4 Å². The van der Waals surface area contributed by atoms with Crippen LogP contribution in [0.15, 0.2) is 41.9 Å². The molecule has 3 aliphatic heterocycles. The van der Waals surface area contributed by atoms with Gasteiger partial charge in [-0.1, -0.05) is 32.8 Å². The number of aromatic nitrogens is 3. The van der Waals surface area contributed by atoms with Crippen molar-refractivity contribution in [2.24, 2.45) is 11.3 Å². The van der Waals surface area contributed by atoms with Gasteiger partial charge in [0.15, 0.2) is 0 Å². The van der Waals surface area contributed by atoms with Gasteiger partial charge in [-0.05, 0) is 103 Å². The molecular formula is C50H74N8O7S5. The van der Waals surface area contributed by atoms with Crippen LogP contribution in [0.1, 0.15) is 90.1 Å². The molecule has 0 aliphatic carbocycles. The van der Waals surface area contributed by atoms with Crippen molar-refractivity contribution in [2.45, 2.75) is 117 Å². The predicted molar refractivity (Wildman–Crippen MR) is 296 cm³/mol. The summed E-state index contributed by atoms with van der Waals surface area (Å²) in [5.41, 5.74) is 8.98. The minimum Gasteiger partial charge on any atom is -0.464 e. The molecule has 2 saturated heterocycles. The zero-order valence-corrected chi connectivity index (χ0v) is 47.0. The van der Waals surface area contributed by atoms with Gasteiger partial charge in [-0.3, -0.25) is 34.1 Å². The summed E-state index contributed by atoms with van der Waals surface area (Å²) in [7, 11) is 5.53. The molecule has 1 aromatic carbocycles. The van der Waals surface area contributed by atoms with E-state index < -0.39 is 34.9 Å². The van der Waals surface area contributed by atoms with E-state index in [1.54, 1.807) is 18.2 Å². The number of fused-ring (bicyclic) bond motifs is 6. The standard InChI is InChI=1S/C50H66N8O7S.4H2S/c1-11-32(28-64-34-26-56(27-34)43(59)19-20-50(6,7)55(8)9)46(60)53-39-24-42-52-40(29-66-42)33-17-18-41-36(23-33)37(45(57(41)12-2)35-15-13-21-51-44(35)31(3)63-10)25-49(4,5)30-65-48(62)38-16-14-22-58(54-38)47(39)61;;;;/h13,15,17-18,21,23,29,31-32,34,38-39,54H,11-12,14,16,22,24-28,30H2,1-10H3,(H,53,60);4*1H2/t31-,32-,38-,39-;;;;/m0..../s1. The van der Waals surface area contributed by atoms with Crippen LogP contribution < -0.4 is 10.7 Å². The Morgan fingerprint density at radius 1 is 1.11 bits per heavy atom. The molecule has 3 aliphatic rings. The zero-order chi connectivity index (χ0) is 47.5. The van der Waals surface area contributed by atoms with E-state index in [2.05, 4.69) is 72.2 Å². The molecule has 6 heterocycles. The monoisotopic (exact) mass is 1060 g/mol. The Bertz CT molecular complexity index is 2510. The average molecular weight is 1060 g/mol. The number of esters is 1. The lowest BCUT2D eigenvalue weighted by molar-refractivity contribution is -0.155. The van der Waals surface area contributed by atoms with Gasteiger partial charge >= 0.3 is 5.97 Å². The van der Waals surface area contributed by atoms with Gasteiger partial charge in [0.1, 0.15) is 12.1 Å². The summed E-state index contributed by atoms with van der Waals surface area (Å²) in [6.45, 7) is 16.3. The van der Waals surface area contributed by atoms with Gasteiger partial charge < -0.3 is 29.0 Å². The van der Waals surface area contributed by atoms with E-state index in [1.165, 1.54) is 16.3 Å². The number of rotatable bonds is 11. The minimum absolute atomic E-state index is 0. The van der Waals surface area contributed by atoms with Crippen LogP contribution in [0.4, 0.5) is 0 Å². The summed E-state index contributed by atoms with van der Waals surface area (Å²) in [6.07, 6.45) is 3.60. The zero-order valence-electron chi connectivity index (χ0n) is 42.2. The normalized spacial score (nSPS) is 19.1. The number of carbonyl (C=O) groups is 4. The van der Waals surface area contributed by atoms with Gasteiger partial charge in [0.05, 0.1) is 59.0 Å². The topological polar surface area (TPSA) is 160 Å². The number of likely N-dealkylation sites (tertiary alicyclic amines) is 1. The smallest absolute Gasteiger partial charge is 0.324 e. The Morgan fingerprint density at radius 2 is 1.84 bits per heavy atom. The summed E-state index contributed by atoms with van der Waals surface area (Å²) < 4.78 is 20.4. The van der Waals surface area contributed by atoms with Crippen molar-refractivity contribution < 1.29 is 33.4 Å². The first-order valence-corrected chi connectivity index (χ1v) is 24.0. The van der Waals surface area contributed by atoms with Crippen molar-refractivity contribution in [3.63, 3.8) is 0 Å². The molecule has 0 saturated carbocycles. The number of carbonyl (C=O) groups excluding carboxylic acids is 4. The van der Waals surface area contributed by atoms with Crippen LogP contribution in [0, 0.1) is 23.2 Å². The van der Waals surface area contributed by atoms with Gasteiger partial charge in [-0.15, -0.1) is 11.3 Å². The highest BCUT2D eigenvalue weighted by atomic mass is 32.1. The molecule has 4 atom stereocenters. The van der Waals surface area contributed by atoms with Gasteiger partial charge in [-0.25, -0.2) is 10.4 Å². The van der Waals surface area contributed by atoms with E-state index in [9.17, 15) is 19.2 Å². The lowest BCUT2D eigenvalue weighted by Crippen LogP contribution is -2.61. The second kappa shape index (κ2) is 25.7. The molecule has 70 heavy (non-hydrogen) atoms. The Kier molecular flexibility index (Phi) is 22.3. The predicted octanol–water partition coefficient (Wildman–Crippen LogP) is 6.25. The van der Waals surface area contributed by atoms with E-state index in [4.69, 9.17) is 24.2 Å². The van der Waals surface area contributed by atoms with Crippen LogP contribution in [0.2, 0.25) is 0 Å². The second-order valence-electron chi connectivity index (χ2n) is 19.2. The van der Waals surface area contributed by atoms with Crippen LogP contribution in [0.25, 0.3) is 33.4 Å². The number of nitrogens with one attached hydrogen (secondary N) is 2. The van der Waals surface area contributed by atoms with E-state index in [-0.39, 0.29) is 104 Å². The lowest BCUT2D eigenvalue weighted by Gasteiger charge is -2.38. The molecule has 0 radical (unpaired) electrons. The van der Waals surface area contributed by atoms with Crippen molar-refractivity contribution in [1.29, 1.82) is 0 Å². The van der Waals surface area contributed by atoms with E-state index in [0.29, 0.717) is 56.9 Å². The Hall–Kier alpha value is -3.78. The molecule has 0 unspecified atom stereocenters. The van der Waals surface area contributed by atoms with Crippen LogP contribution in [0.3, 0.4) is 0 Å². The lowest BCUT2D eigenvalue weighted by atomic mass is 9.84. The maximum absolute atomic E-state index is 14.5. The first-order valence-electron chi connectivity index (χ1n) is 23.2. The number of hydrogen-bond acceptors (Lipinski definition) is 12. The van der Waals surface area contributed by atoms with Gasteiger partial charge in [0, 0.05) is 78.7 Å². The number of aryl methyl sites for hydroxylation is 1. The molecule has 386 valence electrons. The molecule has 3 aromatic heterocycles. The summed E-state index contributed by atoms with van der Waals surface area (Å²) in [4.78, 5) is 68.6. The fourth-order valence-corrected chi connectivity index (χ4v) is 9.44. The molecule has 4 aromatic rings. The number of ether oxygens (including phenoxy) is 3. The van der Waals surface area contributed by atoms with Crippen LogP contribution in [-0.4, -0.2) is 131 Å². The second-order valence-corrected chi connectivity index (χ2v) is 20.2. The van der Waals surface area contributed by atoms with E-state index >= 15 is 0 Å². The molecule has 6 bridgehead atoms. The quantitative estimate of drug-likeness (QED) is 0.129. The van der Waals surface area contributed by atoms with Crippen molar-refractivity contribution in [1.82, 2.24) is 40.1 Å². The number of pyridine rings is 1. The Labute approximate surface area is 445 Å². The SMILES string of the molecule is CC[C@@H](COC1CN(C(=O)C#CC(C)(C)N(C)C)C1)C(=O)N[C@H]1Cc2nc(cs2)-c2ccc3c(c2)c(c(-c2cccnc2[C@H](C)OC)n3CC)CC(C)(C)COC(=O)[C@@H]2CCCN(N2)C1=O.S.S.S.S. The Morgan fingerprint density at radius 3 is 2.51 bits per heavy atom. The highest BCUT2D eigenvalue weighted by molar-refractivity contribution is 7.59. The van der Waals surface area contributed by atoms with Gasteiger partial charge in [-0.2, -0.15) is 54.0 Å². The highest BCUT2D eigenvalue weighted by Gasteiger charge is 2.37. The van der Waals surface area contributed by atoms with Gasteiger partial charge in [0.25, 0.3) is 11.8 Å². The molecule has 3 amide bonds. The molecule has 7 rings (SSSR count). The summed E-state index contributed by atoms with van der Waals surface area (Å²) >= 11 is 1.44. The minimum atomic E-state index is -0.981. The molecule has 20 heteroatoms. The van der Waals surface area contributed by atoms with Crippen molar-refractivity contribution >= 4 is 99.9 Å². The largest absolute Gasteiger partial charge is 0.464 e. The number of cyclic esters (lactones) is 1. The molecule has 2 fully saturated rings. The van der Waals surface area contributed by atoms with Crippen LogP contribution >= 0.6 is 65.3 Å². The number of thiazole rings is 1. The number of nitrogens with zero attached hydrogens (tertiary/aromatic N) is 6.